The lowest BCUT2D eigenvalue weighted by molar-refractivity contribution is -0.139. The summed E-state index contributed by atoms with van der Waals surface area (Å²) in [7, 11) is 3.04. The number of carbonyl (C=O) groups excluding carboxylic acids is 1. The highest BCUT2D eigenvalue weighted by Crippen LogP contribution is 2.36. The number of aryl methyl sites for hydroxylation is 1. The van der Waals surface area contributed by atoms with E-state index in [1.807, 2.05) is 0 Å². The lowest BCUT2D eigenvalue weighted by atomic mass is 9.95. The van der Waals surface area contributed by atoms with Gasteiger partial charge in [0.1, 0.15) is 11.5 Å². The SMILES string of the molecule is CCOC(=O)C1=C(C)N=c2s/c(=C/c3ccc(-c4ccc(C(=O)O)cc4C)o3)c(=O)n2[C@H]1c1ccc(OC)c(OC)c1. The van der Waals surface area contributed by atoms with Gasteiger partial charge >= 0.3 is 11.9 Å². The van der Waals surface area contributed by atoms with Crippen LogP contribution in [0.2, 0.25) is 0 Å². The summed E-state index contributed by atoms with van der Waals surface area (Å²) in [6.45, 7) is 5.40. The van der Waals surface area contributed by atoms with Crippen LogP contribution in [-0.2, 0) is 9.53 Å². The summed E-state index contributed by atoms with van der Waals surface area (Å²) in [5, 5.41) is 9.26. The summed E-state index contributed by atoms with van der Waals surface area (Å²) in [5.41, 5.74) is 2.64. The topological polar surface area (TPSA) is 130 Å². The first-order valence-corrected chi connectivity index (χ1v) is 13.8. The monoisotopic (exact) mass is 588 g/mol. The Balaban J connectivity index is 1.63. The maximum Gasteiger partial charge on any atom is 0.338 e. The number of hydrogen-bond donors (Lipinski definition) is 1. The van der Waals surface area contributed by atoms with Crippen molar-refractivity contribution in [3.05, 3.63) is 102 Å². The number of aromatic nitrogens is 1. The first-order valence-electron chi connectivity index (χ1n) is 13.0. The van der Waals surface area contributed by atoms with E-state index in [2.05, 4.69) is 4.99 Å². The normalized spacial score (nSPS) is 14.8. The maximum absolute atomic E-state index is 13.9. The van der Waals surface area contributed by atoms with Crippen molar-refractivity contribution < 1.29 is 33.3 Å². The van der Waals surface area contributed by atoms with Gasteiger partial charge in [-0.05, 0) is 68.3 Å². The first kappa shape index (κ1) is 28.6. The van der Waals surface area contributed by atoms with Gasteiger partial charge in [-0.1, -0.05) is 23.5 Å². The van der Waals surface area contributed by atoms with Crippen LogP contribution < -0.4 is 24.4 Å². The van der Waals surface area contributed by atoms with Crippen molar-refractivity contribution in [2.75, 3.05) is 20.8 Å². The Hall–Kier alpha value is -4.90. The highest BCUT2D eigenvalue weighted by molar-refractivity contribution is 7.07. The van der Waals surface area contributed by atoms with E-state index in [1.165, 1.54) is 36.2 Å². The molecule has 0 unspecified atom stereocenters. The molecule has 0 aliphatic carbocycles. The van der Waals surface area contributed by atoms with E-state index in [0.29, 0.717) is 43.6 Å². The zero-order chi connectivity index (χ0) is 30.1. The van der Waals surface area contributed by atoms with Crippen LogP contribution in [0.1, 0.15) is 47.1 Å². The largest absolute Gasteiger partial charge is 0.493 e. The third-order valence-electron chi connectivity index (χ3n) is 6.88. The second kappa shape index (κ2) is 11.5. The molecule has 11 heteroatoms. The number of esters is 1. The highest BCUT2D eigenvalue weighted by atomic mass is 32.1. The van der Waals surface area contributed by atoms with Crippen LogP contribution in [0.3, 0.4) is 0 Å². The standard InChI is InChI=1S/C31H28N2O8S/c1-6-40-30(37)26-17(3)32-31-33(27(26)18-8-11-23(38-4)24(14-18)39-5)28(34)25(42-31)15-20-9-12-22(41-20)21-10-7-19(29(35)36)13-16(21)2/h7-15,27H,6H2,1-5H3,(H,35,36)/b25-15+/t27-/m0/s1. The molecule has 0 amide bonds. The van der Waals surface area contributed by atoms with Gasteiger partial charge in [0.05, 0.1) is 48.2 Å². The molecule has 5 rings (SSSR count). The smallest absolute Gasteiger partial charge is 0.338 e. The molecule has 1 aliphatic rings. The van der Waals surface area contributed by atoms with Crippen LogP contribution in [0.4, 0.5) is 0 Å². The molecule has 0 saturated heterocycles. The lowest BCUT2D eigenvalue weighted by Gasteiger charge is -2.25. The molecule has 0 fully saturated rings. The molecule has 0 radical (unpaired) electrons. The second-order valence-electron chi connectivity index (χ2n) is 9.45. The molecular weight excluding hydrogens is 560 g/mol. The molecule has 2 aromatic carbocycles. The molecule has 3 heterocycles. The molecule has 10 nitrogen and oxygen atoms in total. The molecule has 1 aliphatic heterocycles. The van der Waals surface area contributed by atoms with Crippen molar-refractivity contribution in [3.8, 4) is 22.8 Å². The zero-order valence-electron chi connectivity index (χ0n) is 23.6. The number of hydrogen-bond acceptors (Lipinski definition) is 9. The predicted molar refractivity (Wildman–Crippen MR) is 156 cm³/mol. The number of furan rings is 1. The number of rotatable bonds is 8. The third kappa shape index (κ3) is 5.14. The Labute approximate surface area is 244 Å². The van der Waals surface area contributed by atoms with Crippen LogP contribution in [0, 0.1) is 6.92 Å². The van der Waals surface area contributed by atoms with Gasteiger partial charge in [0.2, 0.25) is 0 Å². The number of allylic oxidation sites excluding steroid dienone is 1. The van der Waals surface area contributed by atoms with Gasteiger partial charge < -0.3 is 23.7 Å². The Morgan fingerprint density at radius 2 is 1.83 bits per heavy atom. The molecule has 1 atom stereocenters. The number of fused-ring (bicyclic) bond motifs is 1. The average Bonchev–Trinajstić information content (AvgIpc) is 3.55. The minimum atomic E-state index is -1.01. The van der Waals surface area contributed by atoms with E-state index in [-0.39, 0.29) is 23.3 Å². The number of benzene rings is 2. The summed E-state index contributed by atoms with van der Waals surface area (Å²) in [5.74, 6) is 0.354. The number of carboxylic acids is 1. The van der Waals surface area contributed by atoms with Crippen molar-refractivity contribution in [2.24, 2.45) is 4.99 Å². The Morgan fingerprint density at radius 1 is 1.07 bits per heavy atom. The molecule has 4 aromatic rings. The van der Waals surface area contributed by atoms with Gasteiger partial charge in [-0.2, -0.15) is 0 Å². The number of carbonyl (C=O) groups is 2. The molecule has 1 N–H and O–H groups in total. The summed E-state index contributed by atoms with van der Waals surface area (Å²) < 4.78 is 24.1. The number of aromatic carboxylic acids is 1. The van der Waals surface area contributed by atoms with E-state index in [9.17, 15) is 19.5 Å². The van der Waals surface area contributed by atoms with Crippen LogP contribution >= 0.6 is 11.3 Å². The molecular formula is C31H28N2O8S. The van der Waals surface area contributed by atoms with Crippen molar-refractivity contribution in [1.29, 1.82) is 0 Å². The van der Waals surface area contributed by atoms with Crippen LogP contribution in [0.15, 0.2) is 74.0 Å². The van der Waals surface area contributed by atoms with Crippen LogP contribution in [0.5, 0.6) is 11.5 Å². The van der Waals surface area contributed by atoms with Crippen molar-refractivity contribution in [2.45, 2.75) is 26.8 Å². The number of carboxylic acid groups (broad SMARTS) is 1. The van der Waals surface area contributed by atoms with Crippen LogP contribution in [-0.4, -0.2) is 42.4 Å². The van der Waals surface area contributed by atoms with Gasteiger partial charge in [-0.15, -0.1) is 0 Å². The van der Waals surface area contributed by atoms with Gasteiger partial charge in [-0.25, -0.2) is 14.6 Å². The van der Waals surface area contributed by atoms with Crippen LogP contribution in [0.25, 0.3) is 17.4 Å². The Bertz CT molecular complexity index is 1930. The van der Waals surface area contributed by atoms with E-state index in [4.69, 9.17) is 18.6 Å². The van der Waals surface area contributed by atoms with E-state index in [1.54, 1.807) is 69.3 Å². The highest BCUT2D eigenvalue weighted by Gasteiger charge is 2.34. The number of thiazole rings is 1. The minimum Gasteiger partial charge on any atom is -0.493 e. The third-order valence-corrected chi connectivity index (χ3v) is 7.86. The molecule has 216 valence electrons. The summed E-state index contributed by atoms with van der Waals surface area (Å²) in [6.07, 6.45) is 1.63. The first-order chi connectivity index (χ1) is 20.2. The maximum atomic E-state index is 13.9. The fraction of sp³-hybridized carbons (Fsp3) is 0.226. The second-order valence-corrected chi connectivity index (χ2v) is 10.5. The predicted octanol–water partition coefficient (Wildman–Crippen LogP) is 4.08. The fourth-order valence-corrected chi connectivity index (χ4v) is 5.93. The van der Waals surface area contributed by atoms with Gasteiger partial charge in [0.15, 0.2) is 16.3 Å². The van der Waals surface area contributed by atoms with Gasteiger partial charge in [-0.3, -0.25) is 9.36 Å². The summed E-state index contributed by atoms with van der Waals surface area (Å²) in [6, 6.07) is 12.7. The van der Waals surface area contributed by atoms with Gasteiger partial charge in [0.25, 0.3) is 5.56 Å². The van der Waals surface area contributed by atoms with E-state index in [0.717, 1.165) is 11.1 Å². The molecule has 0 bridgehead atoms. The van der Waals surface area contributed by atoms with Gasteiger partial charge in [0, 0.05) is 11.6 Å². The van der Waals surface area contributed by atoms with Crippen molar-refractivity contribution in [3.63, 3.8) is 0 Å². The molecule has 42 heavy (non-hydrogen) atoms. The molecule has 0 spiro atoms. The molecule has 2 aromatic heterocycles. The number of ether oxygens (including phenoxy) is 3. The Kier molecular flexibility index (Phi) is 7.86. The zero-order valence-corrected chi connectivity index (χ0v) is 24.4. The Morgan fingerprint density at radius 3 is 2.50 bits per heavy atom. The number of methoxy groups -OCH3 is 2. The van der Waals surface area contributed by atoms with E-state index >= 15 is 0 Å². The summed E-state index contributed by atoms with van der Waals surface area (Å²) >= 11 is 1.18. The fourth-order valence-electron chi connectivity index (χ4n) is 4.91. The minimum absolute atomic E-state index is 0.165. The van der Waals surface area contributed by atoms with Crippen molar-refractivity contribution in [1.82, 2.24) is 4.57 Å². The quantitative estimate of drug-likeness (QED) is 0.305. The average molecular weight is 589 g/mol. The lowest BCUT2D eigenvalue weighted by Crippen LogP contribution is -2.39. The van der Waals surface area contributed by atoms with E-state index < -0.39 is 18.0 Å². The van der Waals surface area contributed by atoms with Crippen molar-refractivity contribution >= 4 is 29.4 Å². The summed E-state index contributed by atoms with van der Waals surface area (Å²) in [4.78, 5) is 43.4. The molecule has 0 saturated carbocycles. The number of nitrogens with zero attached hydrogens (tertiary/aromatic N) is 2.